The van der Waals surface area contributed by atoms with E-state index in [0.717, 1.165) is 18.5 Å². The third-order valence-corrected chi connectivity index (χ3v) is 3.01. The van der Waals surface area contributed by atoms with E-state index in [1.807, 2.05) is 16.9 Å². The highest BCUT2D eigenvalue weighted by Crippen LogP contribution is 2.06. The summed E-state index contributed by atoms with van der Waals surface area (Å²) in [4.78, 5) is 22.4. The van der Waals surface area contributed by atoms with Crippen LogP contribution in [0.25, 0.3) is 6.08 Å². The second-order valence-corrected chi connectivity index (χ2v) is 4.67. The Kier molecular flexibility index (Phi) is 5.48. The first kappa shape index (κ1) is 15.5. The first-order valence-electron chi connectivity index (χ1n) is 6.92. The topological polar surface area (TPSA) is 84.2 Å². The van der Waals surface area contributed by atoms with Crippen LogP contribution in [-0.2, 0) is 11.3 Å². The van der Waals surface area contributed by atoms with Gasteiger partial charge in [-0.1, -0.05) is 12.1 Å². The molecule has 0 fully saturated rings. The van der Waals surface area contributed by atoms with Gasteiger partial charge in [0, 0.05) is 31.6 Å². The van der Waals surface area contributed by atoms with Crippen molar-refractivity contribution in [3.05, 3.63) is 59.9 Å². The van der Waals surface area contributed by atoms with Gasteiger partial charge in [0.2, 0.25) is 5.91 Å². The van der Waals surface area contributed by atoms with Gasteiger partial charge < -0.3 is 10.4 Å². The molecule has 1 aromatic heterocycles. The van der Waals surface area contributed by atoms with Crippen molar-refractivity contribution in [3.8, 4) is 0 Å². The summed E-state index contributed by atoms with van der Waals surface area (Å²) < 4.78 is 1.81. The zero-order valence-corrected chi connectivity index (χ0v) is 12.0. The van der Waals surface area contributed by atoms with E-state index in [0.29, 0.717) is 6.54 Å². The number of aryl methyl sites for hydroxylation is 1. The maximum atomic E-state index is 11.6. The molecule has 1 heterocycles. The molecule has 6 nitrogen and oxygen atoms in total. The number of nitrogens with one attached hydrogen (secondary N) is 1. The summed E-state index contributed by atoms with van der Waals surface area (Å²) in [5.74, 6) is -1.15. The van der Waals surface area contributed by atoms with Crippen molar-refractivity contribution in [2.24, 2.45) is 0 Å². The molecule has 0 saturated heterocycles. The molecule has 0 spiro atoms. The van der Waals surface area contributed by atoms with Gasteiger partial charge in [-0.05, 0) is 36.3 Å². The van der Waals surface area contributed by atoms with Crippen molar-refractivity contribution < 1.29 is 14.7 Å². The lowest BCUT2D eigenvalue weighted by Gasteiger charge is -2.02. The summed E-state index contributed by atoms with van der Waals surface area (Å²) in [6.45, 7) is 1.33. The minimum absolute atomic E-state index is 0.178. The smallest absolute Gasteiger partial charge is 0.335 e. The van der Waals surface area contributed by atoms with Gasteiger partial charge in [-0.2, -0.15) is 5.10 Å². The van der Waals surface area contributed by atoms with E-state index in [2.05, 4.69) is 10.4 Å². The zero-order valence-electron chi connectivity index (χ0n) is 12.0. The van der Waals surface area contributed by atoms with Gasteiger partial charge in [0.25, 0.3) is 0 Å². The number of hydrogen-bond acceptors (Lipinski definition) is 3. The van der Waals surface area contributed by atoms with Crippen molar-refractivity contribution in [2.75, 3.05) is 6.54 Å². The highest BCUT2D eigenvalue weighted by atomic mass is 16.4. The van der Waals surface area contributed by atoms with Crippen molar-refractivity contribution in [3.63, 3.8) is 0 Å². The third-order valence-electron chi connectivity index (χ3n) is 3.01. The Morgan fingerprint density at radius 2 is 2.05 bits per heavy atom. The molecular weight excluding hydrogens is 282 g/mol. The Balaban J connectivity index is 1.72. The molecule has 0 aliphatic heterocycles. The monoisotopic (exact) mass is 299 g/mol. The molecule has 2 aromatic rings. The van der Waals surface area contributed by atoms with Crippen LogP contribution in [0.3, 0.4) is 0 Å². The minimum Gasteiger partial charge on any atom is -0.478 e. The average Bonchev–Trinajstić information content (AvgIpc) is 3.03. The predicted molar refractivity (Wildman–Crippen MR) is 82.3 cm³/mol. The fourth-order valence-corrected chi connectivity index (χ4v) is 1.85. The first-order valence-corrected chi connectivity index (χ1v) is 6.92. The van der Waals surface area contributed by atoms with Gasteiger partial charge in [0.05, 0.1) is 5.56 Å². The van der Waals surface area contributed by atoms with Crippen LogP contribution in [0.4, 0.5) is 0 Å². The normalized spacial score (nSPS) is 10.7. The molecule has 2 rings (SSSR count). The zero-order chi connectivity index (χ0) is 15.8. The molecule has 1 amide bonds. The van der Waals surface area contributed by atoms with Crippen LogP contribution in [0.5, 0.6) is 0 Å². The molecule has 0 aliphatic rings. The van der Waals surface area contributed by atoms with E-state index >= 15 is 0 Å². The quantitative estimate of drug-likeness (QED) is 0.603. The fraction of sp³-hybridized carbons (Fsp3) is 0.188. The Morgan fingerprint density at radius 3 is 2.68 bits per heavy atom. The molecule has 0 radical (unpaired) electrons. The number of aromatic carboxylic acids is 1. The molecule has 0 saturated carbocycles. The van der Waals surface area contributed by atoms with Crippen molar-refractivity contribution in [2.45, 2.75) is 13.0 Å². The number of aromatic nitrogens is 2. The van der Waals surface area contributed by atoms with Crippen molar-refractivity contribution in [1.82, 2.24) is 15.1 Å². The van der Waals surface area contributed by atoms with Gasteiger partial charge in [-0.25, -0.2) is 4.79 Å². The number of rotatable bonds is 7. The third kappa shape index (κ3) is 4.90. The molecule has 0 bridgehead atoms. The lowest BCUT2D eigenvalue weighted by Crippen LogP contribution is -2.23. The lowest BCUT2D eigenvalue weighted by atomic mass is 10.1. The van der Waals surface area contributed by atoms with Crippen LogP contribution in [0.1, 0.15) is 22.3 Å². The number of carboxylic acids is 1. The molecule has 0 unspecified atom stereocenters. The van der Waals surface area contributed by atoms with E-state index < -0.39 is 5.97 Å². The highest BCUT2D eigenvalue weighted by Gasteiger charge is 2.00. The number of benzene rings is 1. The van der Waals surface area contributed by atoms with Crippen LogP contribution in [0.15, 0.2) is 48.8 Å². The van der Waals surface area contributed by atoms with Gasteiger partial charge in [0.15, 0.2) is 0 Å². The largest absolute Gasteiger partial charge is 0.478 e. The van der Waals surface area contributed by atoms with Crippen LogP contribution < -0.4 is 5.32 Å². The number of carbonyl (C=O) groups excluding carboxylic acids is 1. The highest BCUT2D eigenvalue weighted by molar-refractivity contribution is 5.92. The Hall–Kier alpha value is -2.89. The fourth-order valence-electron chi connectivity index (χ4n) is 1.85. The van der Waals surface area contributed by atoms with E-state index in [9.17, 15) is 9.59 Å². The molecule has 0 atom stereocenters. The van der Waals surface area contributed by atoms with Gasteiger partial charge in [-0.15, -0.1) is 0 Å². The molecular formula is C16H17N3O3. The predicted octanol–water partition coefficient (Wildman–Crippen LogP) is 1.80. The average molecular weight is 299 g/mol. The van der Waals surface area contributed by atoms with Crippen molar-refractivity contribution in [1.29, 1.82) is 0 Å². The Labute approximate surface area is 128 Å². The first-order chi connectivity index (χ1) is 10.6. The maximum absolute atomic E-state index is 11.6. The lowest BCUT2D eigenvalue weighted by molar-refractivity contribution is -0.116. The van der Waals surface area contributed by atoms with E-state index in [4.69, 9.17) is 5.11 Å². The second-order valence-electron chi connectivity index (χ2n) is 4.67. The summed E-state index contributed by atoms with van der Waals surface area (Å²) in [6.07, 6.45) is 7.48. The van der Waals surface area contributed by atoms with E-state index in [1.54, 1.807) is 24.4 Å². The van der Waals surface area contributed by atoms with Gasteiger partial charge in [-0.3, -0.25) is 9.48 Å². The van der Waals surface area contributed by atoms with Gasteiger partial charge in [0.1, 0.15) is 0 Å². The van der Waals surface area contributed by atoms with Crippen LogP contribution in [-0.4, -0.2) is 33.3 Å². The summed E-state index contributed by atoms with van der Waals surface area (Å²) in [7, 11) is 0. The number of hydrogen-bond donors (Lipinski definition) is 2. The Morgan fingerprint density at radius 1 is 1.27 bits per heavy atom. The number of carbonyl (C=O) groups is 2. The summed E-state index contributed by atoms with van der Waals surface area (Å²) >= 11 is 0. The summed E-state index contributed by atoms with van der Waals surface area (Å²) in [6, 6.07) is 8.18. The molecule has 6 heteroatoms. The Bertz CT molecular complexity index is 646. The second kappa shape index (κ2) is 7.78. The summed E-state index contributed by atoms with van der Waals surface area (Å²) in [5, 5.41) is 15.7. The number of amides is 1. The van der Waals surface area contributed by atoms with Crippen LogP contribution >= 0.6 is 0 Å². The molecule has 2 N–H and O–H groups in total. The number of nitrogens with zero attached hydrogens (tertiary/aromatic N) is 2. The maximum Gasteiger partial charge on any atom is 0.335 e. The molecule has 22 heavy (non-hydrogen) atoms. The van der Waals surface area contributed by atoms with Crippen LogP contribution in [0, 0.1) is 0 Å². The van der Waals surface area contributed by atoms with Crippen LogP contribution in [0.2, 0.25) is 0 Å². The van der Waals surface area contributed by atoms with E-state index in [-0.39, 0.29) is 11.5 Å². The number of carboxylic acid groups (broad SMARTS) is 1. The standard InChI is InChI=1S/C16H17N3O3/c20-15(17-9-1-11-19-12-2-10-18-19)8-5-13-3-6-14(7-4-13)16(21)22/h2-8,10,12H,1,9,11H2,(H,17,20)(H,21,22)/b8-5+. The molecule has 1 aromatic carbocycles. The van der Waals surface area contributed by atoms with Gasteiger partial charge >= 0.3 is 5.97 Å². The van der Waals surface area contributed by atoms with E-state index in [1.165, 1.54) is 18.2 Å². The SMILES string of the molecule is O=C(/C=C/c1ccc(C(=O)O)cc1)NCCCn1cccn1. The van der Waals surface area contributed by atoms with Crippen molar-refractivity contribution >= 4 is 18.0 Å². The molecule has 0 aliphatic carbocycles. The molecule has 114 valence electrons. The minimum atomic E-state index is -0.967. The summed E-state index contributed by atoms with van der Waals surface area (Å²) in [5.41, 5.74) is 0.997.